The Labute approximate surface area is 179 Å². The van der Waals surface area contributed by atoms with E-state index in [4.69, 9.17) is 9.47 Å². The molecule has 30 heavy (non-hydrogen) atoms. The lowest BCUT2D eigenvalue weighted by molar-refractivity contribution is -0.236. The van der Waals surface area contributed by atoms with E-state index in [2.05, 4.69) is 55.5 Å². The van der Waals surface area contributed by atoms with Gasteiger partial charge in [-0.2, -0.15) is 0 Å². The molecule has 3 heteroatoms. The first-order chi connectivity index (χ1) is 14.6. The van der Waals surface area contributed by atoms with E-state index in [0.717, 1.165) is 17.5 Å². The lowest BCUT2D eigenvalue weighted by Gasteiger charge is -2.58. The molecule has 1 heterocycles. The second-order valence-corrected chi connectivity index (χ2v) is 10.1. The van der Waals surface area contributed by atoms with E-state index in [1.165, 1.54) is 32.1 Å². The molecule has 0 bridgehead atoms. The van der Waals surface area contributed by atoms with Gasteiger partial charge in [-0.3, -0.25) is 0 Å². The third kappa shape index (κ3) is 2.49. The Kier molecular flexibility index (Phi) is 4.39. The predicted octanol–water partition coefficient (Wildman–Crippen LogP) is 5.81. The van der Waals surface area contributed by atoms with Crippen molar-refractivity contribution in [2.24, 2.45) is 23.2 Å². The summed E-state index contributed by atoms with van der Waals surface area (Å²) in [6.45, 7) is 2.35. The van der Waals surface area contributed by atoms with Gasteiger partial charge in [0.05, 0.1) is 5.60 Å². The molecule has 0 amide bonds. The predicted molar refractivity (Wildman–Crippen MR) is 116 cm³/mol. The van der Waals surface area contributed by atoms with Crippen molar-refractivity contribution in [3.8, 4) is 0 Å². The van der Waals surface area contributed by atoms with Crippen molar-refractivity contribution in [3.63, 3.8) is 0 Å². The minimum absolute atomic E-state index is 0.0503. The molecule has 4 aliphatic rings. The Morgan fingerprint density at radius 2 is 1.40 bits per heavy atom. The van der Waals surface area contributed by atoms with E-state index >= 15 is 0 Å². The molecule has 1 spiro atoms. The maximum Gasteiger partial charge on any atom is 0.165 e. The molecule has 1 saturated heterocycles. The van der Waals surface area contributed by atoms with Crippen molar-refractivity contribution in [1.82, 2.24) is 0 Å². The van der Waals surface area contributed by atoms with Crippen molar-refractivity contribution < 1.29 is 14.6 Å². The van der Waals surface area contributed by atoms with Crippen molar-refractivity contribution >= 4 is 0 Å². The van der Waals surface area contributed by atoms with Crippen LogP contribution in [0.15, 0.2) is 60.7 Å². The van der Waals surface area contributed by atoms with Gasteiger partial charge in [0, 0.05) is 11.3 Å². The van der Waals surface area contributed by atoms with Gasteiger partial charge >= 0.3 is 0 Å². The van der Waals surface area contributed by atoms with Crippen molar-refractivity contribution in [1.29, 1.82) is 0 Å². The van der Waals surface area contributed by atoms with E-state index in [1.54, 1.807) is 0 Å². The molecule has 5 unspecified atom stereocenters. The van der Waals surface area contributed by atoms with Gasteiger partial charge in [0.15, 0.2) is 6.29 Å². The van der Waals surface area contributed by atoms with Gasteiger partial charge in [0.1, 0.15) is 12.2 Å². The molecule has 6 rings (SSSR count). The molecule has 0 radical (unpaired) electrons. The lowest BCUT2D eigenvalue weighted by atomic mass is 9.49. The summed E-state index contributed by atoms with van der Waals surface area (Å²) in [6.07, 6.45) is 6.39. The van der Waals surface area contributed by atoms with E-state index < -0.39 is 5.60 Å². The summed E-state index contributed by atoms with van der Waals surface area (Å²) in [4.78, 5) is 0. The molecule has 3 aliphatic carbocycles. The fourth-order valence-corrected chi connectivity index (χ4v) is 7.66. The lowest BCUT2D eigenvalue weighted by Crippen LogP contribution is -2.61. The Bertz CT molecular complexity index is 851. The van der Waals surface area contributed by atoms with Crippen LogP contribution in [-0.4, -0.2) is 17.0 Å². The first-order valence-corrected chi connectivity index (χ1v) is 11.8. The highest BCUT2D eigenvalue weighted by atomic mass is 16.7. The first kappa shape index (κ1) is 19.0. The Morgan fingerprint density at radius 1 is 0.800 bits per heavy atom. The van der Waals surface area contributed by atoms with Gasteiger partial charge in [-0.15, -0.1) is 0 Å². The normalized spacial score (nSPS) is 43.1. The van der Waals surface area contributed by atoms with Crippen molar-refractivity contribution in [3.05, 3.63) is 71.8 Å². The molecule has 158 valence electrons. The summed E-state index contributed by atoms with van der Waals surface area (Å²) in [5, 5.41) is 12.0. The quantitative estimate of drug-likeness (QED) is 0.702. The zero-order chi connectivity index (χ0) is 20.3. The van der Waals surface area contributed by atoms with Crippen molar-refractivity contribution in [2.45, 2.75) is 69.5 Å². The summed E-state index contributed by atoms with van der Waals surface area (Å²) in [5.41, 5.74) is 1.77. The molecule has 0 aromatic heterocycles. The Hall–Kier alpha value is -1.68. The number of hydrogen-bond acceptors (Lipinski definition) is 3. The second kappa shape index (κ2) is 6.91. The maximum absolute atomic E-state index is 12.0. The van der Waals surface area contributed by atoms with Crippen LogP contribution in [0.3, 0.4) is 0 Å². The molecule has 3 nitrogen and oxygen atoms in total. The molecule has 2 aromatic carbocycles. The van der Waals surface area contributed by atoms with Crippen LogP contribution in [0.5, 0.6) is 0 Å². The molecule has 1 aliphatic heterocycles. The summed E-state index contributed by atoms with van der Waals surface area (Å²) in [7, 11) is 0. The van der Waals surface area contributed by atoms with E-state index in [9.17, 15) is 5.11 Å². The van der Waals surface area contributed by atoms with Crippen LogP contribution in [-0.2, 0) is 9.47 Å². The fraction of sp³-hybridized carbons (Fsp3) is 0.556. The van der Waals surface area contributed by atoms with E-state index in [0.29, 0.717) is 11.8 Å². The van der Waals surface area contributed by atoms with Gasteiger partial charge in [0.25, 0.3) is 0 Å². The summed E-state index contributed by atoms with van der Waals surface area (Å²) >= 11 is 0. The average Bonchev–Trinajstić information content (AvgIpc) is 3.28. The Balaban J connectivity index is 1.36. The molecule has 2 aromatic rings. The standard InChI is InChI=1S/C27H32O3/c1-18-21-14-8-9-15-26(21)16-17-27(26,28)22(18)25-29-23(19-10-4-2-5-11-19)24(30-25)20-12-6-3-7-13-20/h2-7,10-13,18,21-25,28H,8-9,14-17H2,1H3/t18?,21?,22?,23-,24-,26?,27?/m1/s1. The van der Waals surface area contributed by atoms with Gasteiger partial charge in [-0.05, 0) is 48.6 Å². The summed E-state index contributed by atoms with van der Waals surface area (Å²) < 4.78 is 13.4. The third-order valence-corrected chi connectivity index (χ3v) is 9.05. The summed E-state index contributed by atoms with van der Waals surface area (Å²) in [5.74, 6) is 1.08. The smallest absolute Gasteiger partial charge is 0.165 e. The fourth-order valence-electron chi connectivity index (χ4n) is 7.66. The number of benzene rings is 2. The molecule has 7 atom stereocenters. The van der Waals surface area contributed by atoms with Crippen LogP contribution in [0.4, 0.5) is 0 Å². The second-order valence-electron chi connectivity index (χ2n) is 10.1. The Morgan fingerprint density at radius 3 is 1.90 bits per heavy atom. The van der Waals surface area contributed by atoms with Crippen LogP contribution < -0.4 is 0 Å². The minimum Gasteiger partial charge on any atom is -0.389 e. The van der Waals surface area contributed by atoms with Crippen LogP contribution in [0, 0.1) is 23.2 Å². The zero-order valence-electron chi connectivity index (χ0n) is 17.7. The summed E-state index contributed by atoms with van der Waals surface area (Å²) in [6, 6.07) is 20.9. The minimum atomic E-state index is -0.630. The SMILES string of the molecule is CC1C(C2O[C@H](c3ccccc3)[C@@H](c3ccccc3)O2)C2(O)CCC23CCCCC13. The van der Waals surface area contributed by atoms with Crippen LogP contribution in [0.1, 0.15) is 68.8 Å². The largest absolute Gasteiger partial charge is 0.389 e. The number of rotatable bonds is 3. The molecular weight excluding hydrogens is 372 g/mol. The monoisotopic (exact) mass is 404 g/mol. The zero-order valence-corrected chi connectivity index (χ0v) is 17.7. The molecule has 3 saturated carbocycles. The van der Waals surface area contributed by atoms with E-state index in [1.807, 2.05) is 12.1 Å². The number of aliphatic hydroxyl groups is 1. The number of hydrogen-bond donors (Lipinski definition) is 1. The average molecular weight is 405 g/mol. The van der Waals surface area contributed by atoms with Crippen LogP contribution >= 0.6 is 0 Å². The molecular formula is C27H32O3. The van der Waals surface area contributed by atoms with Gasteiger partial charge in [-0.1, -0.05) is 80.4 Å². The highest BCUT2D eigenvalue weighted by Gasteiger charge is 2.74. The van der Waals surface area contributed by atoms with E-state index in [-0.39, 0.29) is 29.8 Å². The van der Waals surface area contributed by atoms with Crippen LogP contribution in [0.2, 0.25) is 0 Å². The van der Waals surface area contributed by atoms with Gasteiger partial charge in [0.2, 0.25) is 0 Å². The third-order valence-electron chi connectivity index (χ3n) is 9.05. The first-order valence-electron chi connectivity index (χ1n) is 11.8. The topological polar surface area (TPSA) is 38.7 Å². The highest BCUT2D eigenvalue weighted by molar-refractivity contribution is 5.28. The van der Waals surface area contributed by atoms with Crippen LogP contribution in [0.25, 0.3) is 0 Å². The molecule has 4 fully saturated rings. The van der Waals surface area contributed by atoms with Gasteiger partial charge < -0.3 is 14.6 Å². The van der Waals surface area contributed by atoms with Crippen molar-refractivity contribution in [2.75, 3.05) is 0 Å². The maximum atomic E-state index is 12.0. The molecule has 1 N–H and O–H groups in total. The van der Waals surface area contributed by atoms with Gasteiger partial charge in [-0.25, -0.2) is 0 Å². The number of ether oxygens (including phenoxy) is 2. The highest BCUT2D eigenvalue weighted by Crippen LogP contribution is 2.73.